The van der Waals surface area contributed by atoms with Crippen molar-refractivity contribution >= 4 is 12.1 Å². The summed E-state index contributed by atoms with van der Waals surface area (Å²) < 4.78 is 22.1. The van der Waals surface area contributed by atoms with Crippen molar-refractivity contribution in [2.75, 3.05) is 32.9 Å². The number of aliphatic carboxylic acids is 1. The number of carboxylic acid groups (broad SMARTS) is 1. The Morgan fingerprint density at radius 2 is 1.62 bits per heavy atom. The number of carbonyl (C=O) groups excluding carboxylic acids is 1. The highest BCUT2D eigenvalue weighted by Gasteiger charge is 2.20. The molecule has 1 rings (SSSR count). The number of nitrogens with zero attached hydrogens (tertiary/aromatic N) is 1. The monoisotopic (exact) mass is 453 g/mol. The molecule has 0 aromatic heterocycles. The summed E-state index contributed by atoms with van der Waals surface area (Å²) in [6.07, 6.45) is 0.695. The van der Waals surface area contributed by atoms with Crippen molar-refractivity contribution in [1.82, 2.24) is 4.90 Å². The van der Waals surface area contributed by atoms with Crippen molar-refractivity contribution in [3.63, 3.8) is 0 Å². The van der Waals surface area contributed by atoms with Crippen LogP contribution < -0.4 is 4.74 Å². The summed E-state index contributed by atoms with van der Waals surface area (Å²) >= 11 is 0. The highest BCUT2D eigenvalue weighted by Crippen LogP contribution is 2.15. The number of unbranched alkanes of at least 4 members (excludes halogenated alkanes) is 1. The van der Waals surface area contributed by atoms with Crippen LogP contribution in [0, 0.1) is 0 Å². The molecule has 0 aliphatic carbocycles. The number of amides is 1. The molecule has 0 bridgehead atoms. The van der Waals surface area contributed by atoms with Gasteiger partial charge in [0, 0.05) is 19.6 Å². The van der Waals surface area contributed by atoms with Gasteiger partial charge in [-0.2, -0.15) is 0 Å². The molecule has 0 aliphatic rings. The molecule has 0 heterocycles. The third-order valence-electron chi connectivity index (χ3n) is 4.43. The first-order valence-corrected chi connectivity index (χ1v) is 11.4. The Hall–Kier alpha value is -2.32. The second-order valence-corrected chi connectivity index (χ2v) is 8.09. The fraction of sp³-hybridized carbons (Fsp3) is 0.667. The quantitative estimate of drug-likeness (QED) is 0.376. The third kappa shape index (κ3) is 11.9. The molecule has 0 fully saturated rings. The van der Waals surface area contributed by atoms with E-state index in [-0.39, 0.29) is 24.7 Å². The Labute approximate surface area is 191 Å². The number of ether oxygens (including phenoxy) is 4. The van der Waals surface area contributed by atoms with E-state index in [1.54, 1.807) is 17.0 Å². The van der Waals surface area contributed by atoms with E-state index >= 15 is 0 Å². The average Bonchev–Trinajstić information content (AvgIpc) is 2.72. The minimum absolute atomic E-state index is 0.166. The normalized spacial score (nSPS) is 12.1. The van der Waals surface area contributed by atoms with Crippen molar-refractivity contribution in [2.24, 2.45) is 0 Å². The van der Waals surface area contributed by atoms with E-state index in [1.165, 1.54) is 0 Å². The van der Waals surface area contributed by atoms with Gasteiger partial charge in [0.15, 0.2) is 6.10 Å². The van der Waals surface area contributed by atoms with E-state index in [0.717, 1.165) is 18.4 Å². The van der Waals surface area contributed by atoms with Gasteiger partial charge in [-0.1, -0.05) is 25.5 Å². The lowest BCUT2D eigenvalue weighted by atomic mass is 10.1. The second-order valence-electron chi connectivity index (χ2n) is 8.09. The number of carboxylic acids is 1. The van der Waals surface area contributed by atoms with Gasteiger partial charge in [0.2, 0.25) is 0 Å². The number of hydrogen-bond acceptors (Lipinski definition) is 6. The van der Waals surface area contributed by atoms with Gasteiger partial charge in [-0.3, -0.25) is 0 Å². The fourth-order valence-corrected chi connectivity index (χ4v) is 2.83. The standard InChI is InChI=1S/C24H39NO7/c1-6-7-14-29-15-12-25(24(28)32-19(4)5)13-16-30-21-10-8-20(9-11-21)17-22(23(26)27)31-18(2)3/h8-11,18-19,22H,6-7,12-17H2,1-5H3,(H,26,27). The van der Waals surface area contributed by atoms with Gasteiger partial charge in [0.1, 0.15) is 12.4 Å². The Morgan fingerprint density at radius 1 is 0.969 bits per heavy atom. The lowest BCUT2D eigenvalue weighted by Gasteiger charge is -2.23. The van der Waals surface area contributed by atoms with Crippen LogP contribution in [-0.4, -0.2) is 73.3 Å². The van der Waals surface area contributed by atoms with E-state index in [2.05, 4.69) is 6.92 Å². The second kappa shape index (κ2) is 15.5. The molecule has 0 spiro atoms. The maximum absolute atomic E-state index is 12.3. The third-order valence-corrected chi connectivity index (χ3v) is 4.43. The molecule has 8 nitrogen and oxygen atoms in total. The topological polar surface area (TPSA) is 94.5 Å². The predicted molar refractivity (Wildman–Crippen MR) is 122 cm³/mol. The Kier molecular flexibility index (Phi) is 13.4. The van der Waals surface area contributed by atoms with Crippen molar-refractivity contribution in [2.45, 2.75) is 72.2 Å². The van der Waals surface area contributed by atoms with Crippen LogP contribution in [0.3, 0.4) is 0 Å². The number of rotatable bonds is 16. The Bertz CT molecular complexity index is 661. The van der Waals surface area contributed by atoms with Crippen molar-refractivity contribution in [3.8, 4) is 5.75 Å². The van der Waals surface area contributed by atoms with Gasteiger partial charge in [0.05, 0.1) is 25.4 Å². The van der Waals surface area contributed by atoms with Crippen LogP contribution >= 0.6 is 0 Å². The zero-order chi connectivity index (χ0) is 23.9. The molecule has 0 saturated heterocycles. The summed E-state index contributed by atoms with van der Waals surface area (Å²) in [4.78, 5) is 25.3. The minimum Gasteiger partial charge on any atom is -0.492 e. The van der Waals surface area contributed by atoms with Crippen LogP contribution in [0.15, 0.2) is 24.3 Å². The van der Waals surface area contributed by atoms with Gasteiger partial charge in [-0.05, 0) is 51.8 Å². The summed E-state index contributed by atoms with van der Waals surface area (Å²) in [7, 11) is 0. The molecule has 0 radical (unpaired) electrons. The first kappa shape index (κ1) is 27.7. The van der Waals surface area contributed by atoms with Crippen LogP contribution in [0.4, 0.5) is 4.79 Å². The first-order valence-electron chi connectivity index (χ1n) is 11.4. The molecule has 0 aliphatic heterocycles. The fourth-order valence-electron chi connectivity index (χ4n) is 2.83. The maximum Gasteiger partial charge on any atom is 0.410 e. The number of benzene rings is 1. The van der Waals surface area contributed by atoms with E-state index in [9.17, 15) is 14.7 Å². The van der Waals surface area contributed by atoms with Crippen molar-refractivity contribution < 1.29 is 33.6 Å². The van der Waals surface area contributed by atoms with Crippen molar-refractivity contribution in [3.05, 3.63) is 29.8 Å². The van der Waals surface area contributed by atoms with Crippen molar-refractivity contribution in [1.29, 1.82) is 0 Å². The maximum atomic E-state index is 12.3. The molecular weight excluding hydrogens is 414 g/mol. The zero-order valence-corrected chi connectivity index (χ0v) is 20.0. The van der Waals surface area contributed by atoms with Crippen LogP contribution in [0.25, 0.3) is 0 Å². The molecule has 0 saturated carbocycles. The van der Waals surface area contributed by atoms with Crippen LogP contribution in [0.5, 0.6) is 5.75 Å². The van der Waals surface area contributed by atoms with Crippen LogP contribution in [-0.2, 0) is 25.4 Å². The molecule has 32 heavy (non-hydrogen) atoms. The molecule has 1 N–H and O–H groups in total. The van der Waals surface area contributed by atoms with Crippen LogP contribution in [0.1, 0.15) is 53.0 Å². The molecule has 8 heteroatoms. The van der Waals surface area contributed by atoms with E-state index in [4.69, 9.17) is 18.9 Å². The molecule has 182 valence electrons. The molecule has 1 amide bonds. The molecule has 1 unspecified atom stereocenters. The first-order chi connectivity index (χ1) is 15.2. The highest BCUT2D eigenvalue weighted by molar-refractivity contribution is 5.72. The minimum atomic E-state index is -0.980. The predicted octanol–water partition coefficient (Wildman–Crippen LogP) is 4.15. The molecule has 1 aromatic rings. The van der Waals surface area contributed by atoms with Gasteiger partial charge in [-0.15, -0.1) is 0 Å². The number of hydrogen-bond donors (Lipinski definition) is 1. The smallest absolute Gasteiger partial charge is 0.410 e. The largest absolute Gasteiger partial charge is 0.492 e. The highest BCUT2D eigenvalue weighted by atomic mass is 16.6. The zero-order valence-electron chi connectivity index (χ0n) is 20.0. The van der Waals surface area contributed by atoms with Gasteiger partial charge in [0.25, 0.3) is 0 Å². The lowest BCUT2D eigenvalue weighted by Crippen LogP contribution is -2.38. The van der Waals surface area contributed by atoms with E-state index in [1.807, 2.05) is 39.8 Å². The summed E-state index contributed by atoms with van der Waals surface area (Å²) in [5, 5.41) is 9.31. The summed E-state index contributed by atoms with van der Waals surface area (Å²) in [5.74, 6) is -0.340. The Morgan fingerprint density at radius 3 is 2.19 bits per heavy atom. The summed E-state index contributed by atoms with van der Waals surface area (Å²) in [6, 6.07) is 7.21. The van der Waals surface area contributed by atoms with Gasteiger partial charge in [-0.25, -0.2) is 9.59 Å². The van der Waals surface area contributed by atoms with Gasteiger partial charge < -0.3 is 29.0 Å². The summed E-state index contributed by atoms with van der Waals surface area (Å²) in [5.41, 5.74) is 0.844. The lowest BCUT2D eigenvalue weighted by molar-refractivity contribution is -0.153. The van der Waals surface area contributed by atoms with E-state index in [0.29, 0.717) is 38.7 Å². The molecule has 1 aromatic carbocycles. The Balaban J connectivity index is 2.55. The molecular formula is C24H39NO7. The SMILES string of the molecule is CCCCOCCN(CCOc1ccc(CC(OC(C)C)C(=O)O)cc1)C(=O)OC(C)C. The summed E-state index contributed by atoms with van der Waals surface area (Å²) in [6.45, 7) is 11.6. The van der Waals surface area contributed by atoms with Gasteiger partial charge >= 0.3 is 12.1 Å². The molecule has 1 atom stereocenters. The average molecular weight is 454 g/mol. The van der Waals surface area contributed by atoms with Crippen LogP contribution in [0.2, 0.25) is 0 Å². The van der Waals surface area contributed by atoms with E-state index < -0.39 is 12.1 Å². The number of carbonyl (C=O) groups is 2.